The number of fused-ring (bicyclic) bond motifs is 1. The number of ether oxygens (including phenoxy) is 1. The van der Waals surface area contributed by atoms with Crippen LogP contribution < -0.4 is 10.9 Å². The normalized spacial score (nSPS) is 11.6. The van der Waals surface area contributed by atoms with Crippen LogP contribution in [-0.2, 0) is 20.9 Å². The van der Waals surface area contributed by atoms with Crippen molar-refractivity contribution >= 4 is 34.2 Å². The first kappa shape index (κ1) is 19.7. The van der Waals surface area contributed by atoms with E-state index in [1.807, 2.05) is 0 Å². The Kier molecular flexibility index (Phi) is 5.63. The molecule has 10 heteroatoms. The molecule has 0 saturated carbocycles. The second kappa shape index (κ2) is 8.30. The molecule has 0 fully saturated rings. The Bertz CT molecular complexity index is 1160. The van der Waals surface area contributed by atoms with Crippen LogP contribution in [0.3, 0.4) is 0 Å². The fourth-order valence-corrected chi connectivity index (χ4v) is 2.59. The van der Waals surface area contributed by atoms with Crippen molar-refractivity contribution in [3.63, 3.8) is 0 Å². The molecule has 3 rings (SSSR count). The number of nitro groups is 1. The van der Waals surface area contributed by atoms with Crippen molar-refractivity contribution in [2.45, 2.75) is 19.6 Å². The zero-order valence-corrected chi connectivity index (χ0v) is 15.3. The number of rotatable bonds is 6. The fraction of sp³-hybridized carbons (Fsp3) is 0.158. The Balaban J connectivity index is 1.64. The van der Waals surface area contributed by atoms with Gasteiger partial charge in [0.1, 0.15) is 6.54 Å². The lowest BCUT2D eigenvalue weighted by molar-refractivity contribution is -0.384. The van der Waals surface area contributed by atoms with Crippen LogP contribution in [0.2, 0.25) is 0 Å². The number of benzene rings is 2. The highest BCUT2D eigenvalue weighted by atomic mass is 16.6. The van der Waals surface area contributed by atoms with E-state index in [1.165, 1.54) is 37.5 Å². The van der Waals surface area contributed by atoms with Crippen LogP contribution in [0.1, 0.15) is 6.92 Å². The summed E-state index contributed by atoms with van der Waals surface area (Å²) in [5.74, 6) is -1.46. The molecule has 0 aliphatic carbocycles. The molecule has 2 aromatic carbocycles. The number of hydrogen-bond acceptors (Lipinski definition) is 7. The Morgan fingerprint density at radius 1 is 1.24 bits per heavy atom. The topological polar surface area (TPSA) is 133 Å². The van der Waals surface area contributed by atoms with Gasteiger partial charge in [-0.1, -0.05) is 18.2 Å². The first-order valence-electron chi connectivity index (χ1n) is 8.54. The molecule has 1 heterocycles. The first-order chi connectivity index (χ1) is 13.8. The monoisotopic (exact) mass is 396 g/mol. The summed E-state index contributed by atoms with van der Waals surface area (Å²) in [6.45, 7) is 0.942. The van der Waals surface area contributed by atoms with Gasteiger partial charge in [-0.2, -0.15) is 0 Å². The van der Waals surface area contributed by atoms with E-state index >= 15 is 0 Å². The number of aromatic nitrogens is 2. The minimum absolute atomic E-state index is 0.185. The van der Waals surface area contributed by atoms with E-state index in [2.05, 4.69) is 10.3 Å². The highest BCUT2D eigenvalue weighted by Gasteiger charge is 2.19. The molecule has 0 bridgehead atoms. The Morgan fingerprint density at radius 3 is 2.76 bits per heavy atom. The highest BCUT2D eigenvalue weighted by molar-refractivity contribution is 5.95. The number of para-hydroxylation sites is 1. The lowest BCUT2D eigenvalue weighted by atomic mass is 10.2. The molecular weight excluding hydrogens is 380 g/mol. The molecule has 29 heavy (non-hydrogen) atoms. The number of nitro benzene ring substituents is 1. The fourth-order valence-electron chi connectivity index (χ4n) is 2.59. The van der Waals surface area contributed by atoms with Gasteiger partial charge in [-0.05, 0) is 25.1 Å². The second-order valence-corrected chi connectivity index (χ2v) is 6.12. The minimum Gasteiger partial charge on any atom is -0.451 e. The summed E-state index contributed by atoms with van der Waals surface area (Å²) in [7, 11) is 0. The number of esters is 1. The molecule has 1 aromatic heterocycles. The molecule has 148 valence electrons. The number of non-ortho nitro benzene ring substituents is 1. The summed E-state index contributed by atoms with van der Waals surface area (Å²) in [5, 5.41) is 13.6. The van der Waals surface area contributed by atoms with Gasteiger partial charge in [-0.3, -0.25) is 29.1 Å². The molecule has 0 aliphatic heterocycles. The van der Waals surface area contributed by atoms with Crippen LogP contribution in [0.4, 0.5) is 11.4 Å². The van der Waals surface area contributed by atoms with Crippen LogP contribution in [0.5, 0.6) is 0 Å². The van der Waals surface area contributed by atoms with Crippen molar-refractivity contribution in [1.82, 2.24) is 9.55 Å². The van der Waals surface area contributed by atoms with Gasteiger partial charge in [0.25, 0.3) is 17.2 Å². The van der Waals surface area contributed by atoms with Crippen molar-refractivity contribution < 1.29 is 19.2 Å². The van der Waals surface area contributed by atoms with E-state index in [0.717, 1.165) is 4.57 Å². The van der Waals surface area contributed by atoms with E-state index in [9.17, 15) is 24.5 Å². The predicted octanol–water partition coefficient (Wildman–Crippen LogP) is 1.88. The lowest BCUT2D eigenvalue weighted by Gasteiger charge is -2.14. The summed E-state index contributed by atoms with van der Waals surface area (Å²) >= 11 is 0. The highest BCUT2D eigenvalue weighted by Crippen LogP contribution is 2.17. The quantitative estimate of drug-likeness (QED) is 0.382. The van der Waals surface area contributed by atoms with Gasteiger partial charge in [0.2, 0.25) is 0 Å². The molecular formula is C19H16N4O6. The Hall–Kier alpha value is -4.08. The molecule has 0 saturated heterocycles. The molecule has 0 radical (unpaired) electrons. The molecule has 1 amide bonds. The standard InChI is InChI=1S/C19H16N4O6/c1-12(18(25)21-13-5-4-6-14(9-13)23(27)28)29-17(24)10-22-11-20-16-8-3-2-7-15(16)19(22)26/h2-9,11-12H,10H2,1H3,(H,21,25). The average molecular weight is 396 g/mol. The molecule has 10 nitrogen and oxygen atoms in total. The van der Waals surface area contributed by atoms with E-state index in [0.29, 0.717) is 10.9 Å². The van der Waals surface area contributed by atoms with Crippen LogP contribution in [0, 0.1) is 10.1 Å². The summed E-state index contributed by atoms with van der Waals surface area (Å²) in [6.07, 6.45) is 0.0608. The van der Waals surface area contributed by atoms with Gasteiger partial charge in [0, 0.05) is 17.8 Å². The number of carbonyl (C=O) groups excluding carboxylic acids is 2. The molecule has 1 unspecified atom stereocenters. The van der Waals surface area contributed by atoms with Crippen LogP contribution >= 0.6 is 0 Å². The zero-order chi connectivity index (χ0) is 21.0. The van der Waals surface area contributed by atoms with Crippen molar-refractivity contribution in [2.75, 3.05) is 5.32 Å². The van der Waals surface area contributed by atoms with E-state index in [1.54, 1.807) is 24.3 Å². The van der Waals surface area contributed by atoms with Gasteiger partial charge in [-0.15, -0.1) is 0 Å². The number of nitrogens with zero attached hydrogens (tertiary/aromatic N) is 3. The third-order valence-electron chi connectivity index (χ3n) is 4.03. The number of anilines is 1. The number of carbonyl (C=O) groups is 2. The van der Waals surface area contributed by atoms with Crippen molar-refractivity contribution in [2.24, 2.45) is 0 Å². The predicted molar refractivity (Wildman–Crippen MR) is 103 cm³/mol. The van der Waals surface area contributed by atoms with Crippen LogP contribution in [0.25, 0.3) is 10.9 Å². The van der Waals surface area contributed by atoms with Gasteiger partial charge in [-0.25, -0.2) is 4.98 Å². The molecule has 3 aromatic rings. The summed E-state index contributed by atoms with van der Waals surface area (Å²) < 4.78 is 6.15. The van der Waals surface area contributed by atoms with Gasteiger partial charge in [0.15, 0.2) is 6.10 Å². The lowest BCUT2D eigenvalue weighted by Crippen LogP contribution is -2.33. The maximum absolute atomic E-state index is 12.4. The van der Waals surface area contributed by atoms with Gasteiger partial charge >= 0.3 is 5.97 Å². The van der Waals surface area contributed by atoms with Gasteiger partial charge in [0.05, 0.1) is 22.2 Å². The summed E-state index contributed by atoms with van der Waals surface area (Å²) in [6, 6.07) is 12.1. The number of nitrogens with one attached hydrogen (secondary N) is 1. The van der Waals surface area contributed by atoms with Crippen molar-refractivity contribution in [1.29, 1.82) is 0 Å². The summed E-state index contributed by atoms with van der Waals surface area (Å²) in [4.78, 5) is 51.0. The number of hydrogen-bond donors (Lipinski definition) is 1. The largest absolute Gasteiger partial charge is 0.451 e. The Labute approximate surface area is 163 Å². The van der Waals surface area contributed by atoms with E-state index < -0.39 is 35.0 Å². The van der Waals surface area contributed by atoms with Crippen molar-refractivity contribution in [3.8, 4) is 0 Å². The molecule has 0 spiro atoms. The second-order valence-electron chi connectivity index (χ2n) is 6.12. The third-order valence-corrected chi connectivity index (χ3v) is 4.03. The maximum Gasteiger partial charge on any atom is 0.326 e. The van der Waals surface area contributed by atoms with E-state index in [4.69, 9.17) is 4.74 Å². The molecule has 1 N–H and O–H groups in total. The van der Waals surface area contributed by atoms with Gasteiger partial charge < -0.3 is 10.1 Å². The molecule has 0 aliphatic rings. The molecule has 1 atom stereocenters. The maximum atomic E-state index is 12.4. The first-order valence-corrected chi connectivity index (χ1v) is 8.54. The summed E-state index contributed by atoms with van der Waals surface area (Å²) in [5.41, 5.74) is 0.116. The van der Waals surface area contributed by atoms with Crippen LogP contribution in [-0.4, -0.2) is 32.5 Å². The Morgan fingerprint density at radius 2 is 2.00 bits per heavy atom. The SMILES string of the molecule is CC(OC(=O)Cn1cnc2ccccc2c1=O)C(=O)Nc1cccc([N+](=O)[O-])c1. The van der Waals surface area contributed by atoms with Crippen LogP contribution in [0.15, 0.2) is 59.7 Å². The average Bonchev–Trinajstić information content (AvgIpc) is 2.70. The zero-order valence-electron chi connectivity index (χ0n) is 15.3. The van der Waals surface area contributed by atoms with E-state index in [-0.39, 0.29) is 11.4 Å². The minimum atomic E-state index is -1.18. The third kappa shape index (κ3) is 4.61. The smallest absolute Gasteiger partial charge is 0.326 e. The van der Waals surface area contributed by atoms with Crippen molar-refractivity contribution in [3.05, 3.63) is 75.3 Å². The number of amides is 1.